The van der Waals surface area contributed by atoms with E-state index >= 15 is 0 Å². The van der Waals surface area contributed by atoms with Crippen molar-refractivity contribution in [2.75, 3.05) is 18.1 Å². The smallest absolute Gasteiger partial charge is 0.129 e. The van der Waals surface area contributed by atoms with E-state index in [9.17, 15) is 0 Å². The molecule has 21 heavy (non-hydrogen) atoms. The summed E-state index contributed by atoms with van der Waals surface area (Å²) in [6.07, 6.45) is 4.01. The van der Waals surface area contributed by atoms with Crippen LogP contribution in [0, 0.1) is 0 Å². The van der Waals surface area contributed by atoms with Gasteiger partial charge in [-0.3, -0.25) is 0 Å². The highest BCUT2D eigenvalue weighted by Gasteiger charge is 2.36. The maximum atomic E-state index is 6.16. The monoisotopic (exact) mass is 302 g/mol. The molecule has 0 amide bonds. The van der Waals surface area contributed by atoms with Crippen LogP contribution in [0.3, 0.4) is 0 Å². The van der Waals surface area contributed by atoms with Crippen LogP contribution in [0.2, 0.25) is 0 Å². The van der Waals surface area contributed by atoms with Crippen molar-refractivity contribution >= 4 is 28.3 Å². The maximum absolute atomic E-state index is 6.16. The summed E-state index contributed by atoms with van der Waals surface area (Å²) in [5, 5.41) is 1.16. The minimum atomic E-state index is 0.381. The van der Waals surface area contributed by atoms with E-state index < -0.39 is 0 Å². The number of nitrogens with zero attached hydrogens (tertiary/aromatic N) is 2. The van der Waals surface area contributed by atoms with Crippen molar-refractivity contribution in [2.24, 2.45) is 0 Å². The van der Waals surface area contributed by atoms with Gasteiger partial charge in [-0.2, -0.15) is 0 Å². The Balaban J connectivity index is 1.79. The van der Waals surface area contributed by atoms with Gasteiger partial charge in [0.1, 0.15) is 5.82 Å². The third kappa shape index (κ3) is 2.29. The lowest BCUT2D eigenvalue weighted by Crippen LogP contribution is -2.49. The zero-order chi connectivity index (χ0) is 14.2. The summed E-state index contributed by atoms with van der Waals surface area (Å²) in [6.45, 7) is 1.72. The lowest BCUT2D eigenvalue weighted by molar-refractivity contribution is 0.0253. The number of fused-ring (bicyclic) bond motifs is 2. The first-order chi connectivity index (χ1) is 10.4. The first kappa shape index (κ1) is 13.4. The molecule has 2 aromatic rings. The van der Waals surface area contributed by atoms with E-state index in [1.807, 2.05) is 12.1 Å². The van der Waals surface area contributed by atoms with Gasteiger partial charge in [-0.1, -0.05) is 18.2 Å². The fraction of sp³-hybridized carbons (Fsp3) is 0.471. The number of ether oxygens (including phenoxy) is 1. The summed E-state index contributed by atoms with van der Waals surface area (Å²) in [4.78, 5) is 7.31. The van der Waals surface area contributed by atoms with Crippen molar-refractivity contribution in [3.63, 3.8) is 0 Å². The molecule has 1 aliphatic heterocycles. The predicted molar refractivity (Wildman–Crippen MR) is 86.0 cm³/mol. The molecule has 1 aromatic carbocycles. The molecule has 2 unspecified atom stereocenters. The molecule has 0 N–H and O–H groups in total. The Morgan fingerprint density at radius 2 is 2.19 bits per heavy atom. The van der Waals surface area contributed by atoms with Crippen LogP contribution >= 0.6 is 11.6 Å². The van der Waals surface area contributed by atoms with Gasteiger partial charge < -0.3 is 9.64 Å². The number of benzene rings is 1. The van der Waals surface area contributed by atoms with Gasteiger partial charge in [-0.15, -0.1) is 11.6 Å². The minimum absolute atomic E-state index is 0.381. The van der Waals surface area contributed by atoms with E-state index in [0.717, 1.165) is 29.9 Å². The second kappa shape index (κ2) is 5.47. The number of pyridine rings is 1. The number of aromatic nitrogens is 1. The number of morpholine rings is 1. The number of halogens is 1. The number of para-hydroxylation sites is 1. The normalized spacial score (nSPS) is 25.3. The van der Waals surface area contributed by atoms with Crippen LogP contribution in [0.4, 0.5) is 5.82 Å². The summed E-state index contributed by atoms with van der Waals surface area (Å²) < 4.78 is 5.90. The SMILES string of the molecule is ClCc1cc(N2CCOC3CCCC32)nc2ccccc12. The summed E-state index contributed by atoms with van der Waals surface area (Å²) in [5.41, 5.74) is 2.20. The molecular formula is C17H19ClN2O. The molecule has 1 saturated carbocycles. The Morgan fingerprint density at radius 1 is 1.29 bits per heavy atom. The van der Waals surface area contributed by atoms with Gasteiger partial charge in [-0.25, -0.2) is 4.98 Å². The number of hydrogen-bond donors (Lipinski definition) is 0. The molecule has 4 heteroatoms. The molecule has 110 valence electrons. The van der Waals surface area contributed by atoms with Crippen LogP contribution < -0.4 is 4.90 Å². The summed E-state index contributed by atoms with van der Waals surface area (Å²) in [5.74, 6) is 1.58. The van der Waals surface area contributed by atoms with E-state index in [4.69, 9.17) is 21.3 Å². The van der Waals surface area contributed by atoms with Gasteiger partial charge in [0.25, 0.3) is 0 Å². The fourth-order valence-corrected chi connectivity index (χ4v) is 3.92. The number of alkyl halides is 1. The number of rotatable bonds is 2. The van der Waals surface area contributed by atoms with Gasteiger partial charge in [0.05, 0.1) is 24.3 Å². The largest absolute Gasteiger partial charge is 0.374 e. The van der Waals surface area contributed by atoms with Crippen LogP contribution in [-0.2, 0) is 10.6 Å². The average molecular weight is 303 g/mol. The van der Waals surface area contributed by atoms with Crippen molar-refractivity contribution in [1.82, 2.24) is 4.98 Å². The molecule has 4 rings (SSSR count). The first-order valence-corrected chi connectivity index (χ1v) is 8.23. The van der Waals surface area contributed by atoms with Crippen LogP contribution in [0.1, 0.15) is 24.8 Å². The van der Waals surface area contributed by atoms with Crippen LogP contribution in [0.15, 0.2) is 30.3 Å². The first-order valence-electron chi connectivity index (χ1n) is 7.69. The van der Waals surface area contributed by atoms with Crippen molar-refractivity contribution in [1.29, 1.82) is 0 Å². The van der Waals surface area contributed by atoms with Gasteiger partial charge in [0.2, 0.25) is 0 Å². The van der Waals surface area contributed by atoms with Crippen LogP contribution in [0.25, 0.3) is 10.9 Å². The minimum Gasteiger partial charge on any atom is -0.374 e. The second-order valence-electron chi connectivity index (χ2n) is 5.89. The lowest BCUT2D eigenvalue weighted by atomic mass is 10.1. The second-order valence-corrected chi connectivity index (χ2v) is 6.16. The molecule has 2 atom stereocenters. The van der Waals surface area contributed by atoms with Gasteiger partial charge in [0, 0.05) is 17.8 Å². The topological polar surface area (TPSA) is 25.4 Å². The van der Waals surface area contributed by atoms with E-state index in [1.54, 1.807) is 0 Å². The molecule has 0 spiro atoms. The Hall–Kier alpha value is -1.32. The molecule has 2 fully saturated rings. The highest BCUT2D eigenvalue weighted by atomic mass is 35.5. The Bertz CT molecular complexity index is 660. The highest BCUT2D eigenvalue weighted by Crippen LogP contribution is 2.34. The summed E-state index contributed by atoms with van der Waals surface area (Å²) in [6, 6.07) is 10.9. The average Bonchev–Trinajstić information content (AvgIpc) is 3.02. The Morgan fingerprint density at radius 3 is 3.10 bits per heavy atom. The van der Waals surface area contributed by atoms with E-state index in [-0.39, 0.29) is 0 Å². The molecule has 1 saturated heterocycles. The van der Waals surface area contributed by atoms with Gasteiger partial charge in [-0.05, 0) is 37.0 Å². The van der Waals surface area contributed by atoms with Crippen LogP contribution in [0.5, 0.6) is 0 Å². The fourth-order valence-electron chi connectivity index (χ4n) is 3.70. The van der Waals surface area contributed by atoms with E-state index in [2.05, 4.69) is 23.1 Å². The summed E-state index contributed by atoms with van der Waals surface area (Å²) in [7, 11) is 0. The third-order valence-electron chi connectivity index (χ3n) is 4.71. The molecule has 0 radical (unpaired) electrons. The van der Waals surface area contributed by atoms with E-state index in [1.165, 1.54) is 24.8 Å². The lowest BCUT2D eigenvalue weighted by Gasteiger charge is -2.38. The Labute approximate surface area is 129 Å². The molecule has 3 nitrogen and oxygen atoms in total. The van der Waals surface area contributed by atoms with Crippen molar-refractivity contribution in [2.45, 2.75) is 37.3 Å². The third-order valence-corrected chi connectivity index (χ3v) is 5.00. The van der Waals surface area contributed by atoms with Gasteiger partial charge >= 0.3 is 0 Å². The van der Waals surface area contributed by atoms with Crippen LogP contribution in [-0.4, -0.2) is 30.3 Å². The number of hydrogen-bond acceptors (Lipinski definition) is 3. The van der Waals surface area contributed by atoms with Crippen molar-refractivity contribution in [3.05, 3.63) is 35.9 Å². The van der Waals surface area contributed by atoms with Crippen molar-refractivity contribution < 1.29 is 4.74 Å². The zero-order valence-electron chi connectivity index (χ0n) is 12.0. The molecule has 1 aromatic heterocycles. The van der Waals surface area contributed by atoms with Crippen molar-refractivity contribution in [3.8, 4) is 0 Å². The zero-order valence-corrected chi connectivity index (χ0v) is 12.7. The molecule has 1 aliphatic carbocycles. The molecular weight excluding hydrogens is 284 g/mol. The molecule has 2 heterocycles. The quantitative estimate of drug-likeness (QED) is 0.790. The van der Waals surface area contributed by atoms with E-state index in [0.29, 0.717) is 18.0 Å². The number of anilines is 1. The highest BCUT2D eigenvalue weighted by molar-refractivity contribution is 6.18. The molecule has 2 aliphatic rings. The predicted octanol–water partition coefficient (Wildman–Crippen LogP) is 3.73. The maximum Gasteiger partial charge on any atom is 0.129 e. The Kier molecular flexibility index (Phi) is 3.48. The summed E-state index contributed by atoms with van der Waals surface area (Å²) >= 11 is 6.16. The molecule has 0 bridgehead atoms. The van der Waals surface area contributed by atoms with Gasteiger partial charge in [0.15, 0.2) is 0 Å². The standard InChI is InChI=1S/C17H19ClN2O/c18-11-12-10-17(19-14-5-2-1-4-13(12)14)20-8-9-21-16-7-3-6-15(16)20/h1-2,4-5,10,15-16H,3,6-9,11H2.